The lowest BCUT2D eigenvalue weighted by molar-refractivity contribution is 0.0991. The van der Waals surface area contributed by atoms with Crippen LogP contribution in [0.4, 0.5) is 0 Å². The summed E-state index contributed by atoms with van der Waals surface area (Å²) < 4.78 is 3.19. The molecule has 3 rings (SSSR count). The number of ketones is 1. The first-order chi connectivity index (χ1) is 9.72. The molecule has 0 amide bonds. The Bertz CT molecular complexity index is 597. The Kier molecular flexibility index (Phi) is 4.19. The molecule has 3 nitrogen and oxygen atoms in total. The predicted octanol–water partition coefficient (Wildman–Crippen LogP) is 4.03. The van der Waals surface area contributed by atoms with Gasteiger partial charge in [-0.1, -0.05) is 25.0 Å². The minimum atomic E-state index is 0.137. The van der Waals surface area contributed by atoms with Crippen LogP contribution in [0, 0.1) is 3.57 Å². The lowest BCUT2D eigenvalue weighted by Crippen LogP contribution is -2.08. The summed E-state index contributed by atoms with van der Waals surface area (Å²) in [5.41, 5.74) is 1.64. The number of benzene rings is 1. The first kappa shape index (κ1) is 13.8. The number of carbonyl (C=O) groups is 1. The summed E-state index contributed by atoms with van der Waals surface area (Å²) >= 11 is 2.24. The Morgan fingerprint density at radius 1 is 1.20 bits per heavy atom. The van der Waals surface area contributed by atoms with Gasteiger partial charge in [-0.3, -0.25) is 9.48 Å². The molecule has 0 unspecified atom stereocenters. The zero-order chi connectivity index (χ0) is 13.9. The van der Waals surface area contributed by atoms with E-state index in [1.165, 1.54) is 25.7 Å². The second-order valence-electron chi connectivity index (χ2n) is 5.33. The van der Waals surface area contributed by atoms with Crippen molar-refractivity contribution in [1.82, 2.24) is 9.78 Å². The van der Waals surface area contributed by atoms with E-state index in [9.17, 15) is 4.79 Å². The van der Waals surface area contributed by atoms with Crippen molar-refractivity contribution in [2.24, 2.45) is 0 Å². The highest BCUT2D eigenvalue weighted by Gasteiger charge is 2.18. The summed E-state index contributed by atoms with van der Waals surface area (Å²) in [6.07, 6.45) is 7.42. The molecule has 1 saturated carbocycles. The zero-order valence-electron chi connectivity index (χ0n) is 11.3. The molecule has 20 heavy (non-hydrogen) atoms. The fraction of sp³-hybridized carbons (Fsp3) is 0.375. The van der Waals surface area contributed by atoms with Crippen LogP contribution in [-0.2, 0) is 6.42 Å². The van der Waals surface area contributed by atoms with Crippen LogP contribution < -0.4 is 0 Å². The molecule has 0 spiro atoms. The fourth-order valence-corrected chi connectivity index (χ4v) is 3.11. The smallest absolute Gasteiger partial charge is 0.168 e. The normalized spacial score (nSPS) is 15.7. The topological polar surface area (TPSA) is 34.9 Å². The molecule has 0 N–H and O–H groups in total. The van der Waals surface area contributed by atoms with Crippen molar-refractivity contribution in [2.75, 3.05) is 0 Å². The standard InChI is InChI=1S/C16H17IN2O/c17-13-7-5-12(6-8-13)16(20)11-14-9-10-19(18-14)15-3-1-2-4-15/h5-10,15H,1-4,11H2. The number of hydrogen-bond donors (Lipinski definition) is 0. The number of Topliss-reactive ketones (excluding diaryl/α,β-unsaturated/α-hetero) is 1. The predicted molar refractivity (Wildman–Crippen MR) is 86.9 cm³/mol. The average molecular weight is 380 g/mol. The average Bonchev–Trinajstić information content (AvgIpc) is 3.09. The van der Waals surface area contributed by atoms with Crippen molar-refractivity contribution < 1.29 is 4.79 Å². The molecule has 1 aliphatic carbocycles. The van der Waals surface area contributed by atoms with E-state index in [0.717, 1.165) is 14.8 Å². The summed E-state index contributed by atoms with van der Waals surface area (Å²) in [7, 11) is 0. The van der Waals surface area contributed by atoms with Crippen LogP contribution in [0.2, 0.25) is 0 Å². The van der Waals surface area contributed by atoms with Crippen LogP contribution in [-0.4, -0.2) is 15.6 Å². The van der Waals surface area contributed by atoms with Crippen molar-refractivity contribution in [2.45, 2.75) is 38.1 Å². The minimum Gasteiger partial charge on any atom is -0.294 e. The van der Waals surface area contributed by atoms with Gasteiger partial charge in [0.2, 0.25) is 0 Å². The molecule has 2 aromatic rings. The van der Waals surface area contributed by atoms with Crippen molar-refractivity contribution in [1.29, 1.82) is 0 Å². The Morgan fingerprint density at radius 3 is 2.60 bits per heavy atom. The molecule has 104 valence electrons. The number of carbonyl (C=O) groups excluding carboxylic acids is 1. The summed E-state index contributed by atoms with van der Waals surface area (Å²) in [6, 6.07) is 10.2. The molecule has 0 aliphatic heterocycles. The van der Waals surface area contributed by atoms with Crippen molar-refractivity contribution in [3.8, 4) is 0 Å². The van der Waals surface area contributed by atoms with E-state index in [-0.39, 0.29) is 5.78 Å². The Hall–Kier alpha value is -1.17. The molecule has 0 saturated heterocycles. The first-order valence-electron chi connectivity index (χ1n) is 7.05. The minimum absolute atomic E-state index is 0.137. The zero-order valence-corrected chi connectivity index (χ0v) is 13.4. The maximum absolute atomic E-state index is 12.2. The summed E-state index contributed by atoms with van der Waals surface area (Å²) in [5, 5.41) is 4.57. The number of halogens is 1. The van der Waals surface area contributed by atoms with Gasteiger partial charge < -0.3 is 0 Å². The van der Waals surface area contributed by atoms with Crippen molar-refractivity contribution >= 4 is 28.4 Å². The van der Waals surface area contributed by atoms with Crippen LogP contribution in [0.3, 0.4) is 0 Å². The van der Waals surface area contributed by atoms with Gasteiger partial charge in [-0.15, -0.1) is 0 Å². The molecule has 0 bridgehead atoms. The molecule has 1 aliphatic rings. The maximum atomic E-state index is 12.2. The van der Waals surface area contributed by atoms with E-state index < -0.39 is 0 Å². The number of aromatic nitrogens is 2. The third-order valence-electron chi connectivity index (χ3n) is 3.87. The molecule has 1 fully saturated rings. The van der Waals surface area contributed by atoms with Gasteiger partial charge in [0.25, 0.3) is 0 Å². The molecule has 0 radical (unpaired) electrons. The Labute approximate surface area is 132 Å². The van der Waals surface area contributed by atoms with Crippen LogP contribution in [0.25, 0.3) is 0 Å². The maximum Gasteiger partial charge on any atom is 0.168 e. The highest BCUT2D eigenvalue weighted by Crippen LogP contribution is 2.28. The van der Waals surface area contributed by atoms with E-state index in [2.05, 4.69) is 27.7 Å². The van der Waals surface area contributed by atoms with E-state index in [0.29, 0.717) is 12.5 Å². The van der Waals surface area contributed by atoms with Gasteiger partial charge in [0.15, 0.2) is 5.78 Å². The molecule has 1 heterocycles. The SMILES string of the molecule is O=C(Cc1ccn(C2CCCC2)n1)c1ccc(I)cc1. The van der Waals surface area contributed by atoms with Gasteiger partial charge in [-0.2, -0.15) is 5.10 Å². The lowest BCUT2D eigenvalue weighted by Gasteiger charge is -2.08. The Morgan fingerprint density at radius 2 is 1.90 bits per heavy atom. The van der Waals surface area contributed by atoms with Gasteiger partial charge in [-0.05, 0) is 53.6 Å². The molecular formula is C16H17IN2O. The number of hydrogen-bond acceptors (Lipinski definition) is 2. The number of rotatable bonds is 4. The highest BCUT2D eigenvalue weighted by atomic mass is 127. The van der Waals surface area contributed by atoms with Gasteiger partial charge in [0.05, 0.1) is 18.2 Å². The highest BCUT2D eigenvalue weighted by molar-refractivity contribution is 14.1. The van der Waals surface area contributed by atoms with Gasteiger partial charge >= 0.3 is 0 Å². The van der Waals surface area contributed by atoms with E-state index in [1.807, 2.05) is 41.2 Å². The summed E-state index contributed by atoms with van der Waals surface area (Å²) in [6.45, 7) is 0. The van der Waals surface area contributed by atoms with E-state index >= 15 is 0 Å². The Balaban J connectivity index is 1.68. The molecule has 1 aromatic carbocycles. The molecule has 1 aromatic heterocycles. The summed E-state index contributed by atoms with van der Waals surface area (Å²) in [5.74, 6) is 0.137. The summed E-state index contributed by atoms with van der Waals surface area (Å²) in [4.78, 5) is 12.2. The molecule has 4 heteroatoms. The monoisotopic (exact) mass is 380 g/mol. The van der Waals surface area contributed by atoms with E-state index in [4.69, 9.17) is 0 Å². The van der Waals surface area contributed by atoms with Gasteiger partial charge in [0.1, 0.15) is 0 Å². The quantitative estimate of drug-likeness (QED) is 0.593. The molecule has 0 atom stereocenters. The largest absolute Gasteiger partial charge is 0.294 e. The third kappa shape index (κ3) is 3.11. The van der Waals surface area contributed by atoms with Gasteiger partial charge in [-0.25, -0.2) is 0 Å². The van der Waals surface area contributed by atoms with Crippen LogP contribution >= 0.6 is 22.6 Å². The second-order valence-corrected chi connectivity index (χ2v) is 6.58. The van der Waals surface area contributed by atoms with Crippen molar-refractivity contribution in [3.63, 3.8) is 0 Å². The van der Waals surface area contributed by atoms with Crippen LogP contribution in [0.15, 0.2) is 36.5 Å². The first-order valence-corrected chi connectivity index (χ1v) is 8.13. The van der Waals surface area contributed by atoms with Gasteiger partial charge in [0, 0.05) is 15.3 Å². The molecular weight excluding hydrogens is 363 g/mol. The third-order valence-corrected chi connectivity index (χ3v) is 4.59. The number of nitrogens with zero attached hydrogens (tertiary/aromatic N) is 2. The fourth-order valence-electron chi connectivity index (χ4n) is 2.75. The van der Waals surface area contributed by atoms with Crippen LogP contribution in [0.1, 0.15) is 47.8 Å². The van der Waals surface area contributed by atoms with E-state index in [1.54, 1.807) is 0 Å². The second kappa shape index (κ2) is 6.08. The lowest BCUT2D eigenvalue weighted by atomic mass is 10.1. The van der Waals surface area contributed by atoms with Crippen LogP contribution in [0.5, 0.6) is 0 Å². The van der Waals surface area contributed by atoms with Crippen molar-refractivity contribution in [3.05, 3.63) is 51.4 Å².